The van der Waals surface area contributed by atoms with Crippen molar-refractivity contribution in [2.75, 3.05) is 44.7 Å². The van der Waals surface area contributed by atoms with Crippen LogP contribution in [-0.2, 0) is 16.3 Å². The van der Waals surface area contributed by atoms with Crippen molar-refractivity contribution in [3.05, 3.63) is 65.7 Å². The van der Waals surface area contributed by atoms with Crippen molar-refractivity contribution in [2.24, 2.45) is 17.8 Å². The first-order valence-electron chi connectivity index (χ1n) is 14.2. The lowest BCUT2D eigenvalue weighted by Gasteiger charge is -2.48. The summed E-state index contributed by atoms with van der Waals surface area (Å²) in [5.41, 5.74) is 0.554. The number of benzene rings is 2. The number of carbonyl (C=O) groups excluding carboxylic acids is 1. The molecule has 1 saturated carbocycles. The molecular weight excluding hydrogens is 517 g/mol. The molecule has 2 saturated heterocycles. The number of hydrogen-bond acceptors (Lipinski definition) is 5. The van der Waals surface area contributed by atoms with Crippen LogP contribution in [0.2, 0.25) is 0 Å². The van der Waals surface area contributed by atoms with Crippen LogP contribution >= 0.6 is 0 Å². The second kappa shape index (κ2) is 11.7. The Bertz CT molecular complexity index is 1190. The lowest BCUT2D eigenvalue weighted by molar-refractivity contribution is -0.137. The van der Waals surface area contributed by atoms with E-state index in [1.807, 2.05) is 18.2 Å². The van der Waals surface area contributed by atoms with E-state index >= 15 is 0 Å². The Balaban J connectivity index is 1.22. The van der Waals surface area contributed by atoms with Gasteiger partial charge in [0.25, 0.3) is 0 Å². The molecule has 2 aromatic rings. The molecule has 9 heteroatoms. The summed E-state index contributed by atoms with van der Waals surface area (Å²) in [7, 11) is 1.37. The monoisotopic (exact) mass is 554 g/mol. The number of rotatable bonds is 7. The third kappa shape index (κ3) is 5.64. The van der Waals surface area contributed by atoms with E-state index in [4.69, 9.17) is 4.74 Å². The van der Waals surface area contributed by atoms with Gasteiger partial charge >= 0.3 is 12.3 Å². The first-order chi connectivity index (χ1) is 19.2. The predicted octanol–water partition coefficient (Wildman–Crippen LogP) is 5.84. The van der Waals surface area contributed by atoms with Crippen LogP contribution in [0.5, 0.6) is 0 Å². The molecule has 0 spiro atoms. The zero-order chi connectivity index (χ0) is 28.3. The number of nitrogens with one attached hydrogen (secondary N) is 1. The number of hydrogen-bond donors (Lipinski definition) is 1. The maximum absolute atomic E-state index is 12.9. The molecule has 5 rings (SSSR count). The van der Waals surface area contributed by atoms with Crippen molar-refractivity contribution in [3.63, 3.8) is 0 Å². The molecule has 0 radical (unpaired) electrons. The molecule has 2 aliphatic heterocycles. The minimum Gasteiger partial charge on any atom is -0.453 e. The molecule has 1 N–H and O–H groups in total. The van der Waals surface area contributed by atoms with E-state index in [1.165, 1.54) is 7.11 Å². The third-order valence-electron chi connectivity index (χ3n) is 9.29. The van der Waals surface area contributed by atoms with Gasteiger partial charge < -0.3 is 19.9 Å². The second-order valence-corrected chi connectivity index (χ2v) is 11.5. The minimum absolute atomic E-state index is 0.0134. The Kier molecular flexibility index (Phi) is 8.27. The maximum atomic E-state index is 12.9. The van der Waals surface area contributed by atoms with Gasteiger partial charge in [0.1, 0.15) is 0 Å². The molecule has 40 heavy (non-hydrogen) atoms. The number of piperidine rings is 1. The van der Waals surface area contributed by atoms with Gasteiger partial charge in [-0.15, -0.1) is 0 Å². The molecule has 1 amide bonds. The number of methoxy groups -OCH3 is 1. The number of nitriles is 1. The lowest BCUT2D eigenvalue weighted by Crippen LogP contribution is -2.55. The Morgan fingerprint density at radius 2 is 1.68 bits per heavy atom. The highest BCUT2D eigenvalue weighted by molar-refractivity contribution is 5.67. The standard InChI is InChI=1S/C31H37F3N4O2/c1-40-29(39)36-28-9-5-8-27(28)30(21-35,23-6-3-2-4-7-23)24-14-16-37(17-15-24)18-22-19-38(20-22)26-12-10-25(11-13-26)31(32,33)34/h2-4,6-7,10-13,22,24,27-28H,5,8-9,14-20H2,1H3,(H,36,39)/t27-,28-,30?/m0/s1. The van der Waals surface area contributed by atoms with Crippen LogP contribution in [0.25, 0.3) is 0 Å². The van der Waals surface area contributed by atoms with Gasteiger partial charge in [0.05, 0.1) is 24.2 Å². The Labute approximate surface area is 234 Å². The van der Waals surface area contributed by atoms with Gasteiger partial charge in [-0.3, -0.25) is 0 Å². The summed E-state index contributed by atoms with van der Waals surface area (Å²) in [5.74, 6) is 0.655. The highest BCUT2D eigenvalue weighted by Crippen LogP contribution is 2.50. The zero-order valence-corrected chi connectivity index (χ0v) is 22.9. The van der Waals surface area contributed by atoms with Gasteiger partial charge in [0.15, 0.2) is 0 Å². The average Bonchev–Trinajstić information content (AvgIpc) is 3.40. The summed E-state index contributed by atoms with van der Waals surface area (Å²) < 4.78 is 43.5. The van der Waals surface area contributed by atoms with E-state index in [1.54, 1.807) is 12.1 Å². The number of amides is 1. The van der Waals surface area contributed by atoms with Crippen LogP contribution in [0.1, 0.15) is 43.2 Å². The first kappa shape index (κ1) is 28.3. The van der Waals surface area contributed by atoms with Crippen LogP contribution < -0.4 is 10.2 Å². The normalized spacial score (nSPS) is 24.1. The number of likely N-dealkylation sites (tertiary alicyclic amines) is 1. The molecule has 6 nitrogen and oxygen atoms in total. The molecule has 214 valence electrons. The quantitative estimate of drug-likeness (QED) is 0.466. The van der Waals surface area contributed by atoms with E-state index in [0.29, 0.717) is 5.92 Å². The smallest absolute Gasteiger partial charge is 0.416 e. The van der Waals surface area contributed by atoms with Crippen LogP contribution in [0.4, 0.5) is 23.7 Å². The number of anilines is 1. The highest BCUT2D eigenvalue weighted by atomic mass is 19.4. The van der Waals surface area contributed by atoms with Crippen molar-refractivity contribution in [3.8, 4) is 6.07 Å². The molecule has 0 bridgehead atoms. The molecule has 2 aromatic carbocycles. The van der Waals surface area contributed by atoms with Crippen molar-refractivity contribution in [1.29, 1.82) is 5.26 Å². The van der Waals surface area contributed by atoms with Gasteiger partial charge in [0, 0.05) is 43.2 Å². The first-order valence-corrected chi connectivity index (χ1v) is 14.2. The zero-order valence-electron chi connectivity index (χ0n) is 22.9. The molecule has 0 aromatic heterocycles. The fraction of sp³-hybridized carbons (Fsp3) is 0.548. The van der Waals surface area contributed by atoms with Gasteiger partial charge in [-0.25, -0.2) is 4.79 Å². The summed E-state index contributed by atoms with van der Waals surface area (Å²) in [6.45, 7) is 4.42. The largest absolute Gasteiger partial charge is 0.453 e. The maximum Gasteiger partial charge on any atom is 0.416 e. The lowest BCUT2D eigenvalue weighted by atomic mass is 9.59. The Morgan fingerprint density at radius 3 is 2.27 bits per heavy atom. The molecule has 1 unspecified atom stereocenters. The fourth-order valence-electron chi connectivity index (χ4n) is 7.29. The summed E-state index contributed by atoms with van der Waals surface area (Å²) >= 11 is 0. The fourth-order valence-corrected chi connectivity index (χ4v) is 7.29. The molecule has 3 atom stereocenters. The van der Waals surface area contributed by atoms with Crippen molar-refractivity contribution >= 4 is 11.8 Å². The number of ether oxygens (including phenoxy) is 1. The molecule has 3 fully saturated rings. The van der Waals surface area contributed by atoms with Crippen LogP contribution in [0, 0.1) is 29.1 Å². The summed E-state index contributed by atoms with van der Waals surface area (Å²) in [4.78, 5) is 16.7. The molecule has 2 heterocycles. The average molecular weight is 555 g/mol. The Morgan fingerprint density at radius 1 is 1.00 bits per heavy atom. The van der Waals surface area contributed by atoms with Crippen LogP contribution in [0.3, 0.4) is 0 Å². The minimum atomic E-state index is -4.32. The molecular formula is C31H37F3N4O2. The topological polar surface area (TPSA) is 68.6 Å². The van der Waals surface area contributed by atoms with Crippen LogP contribution in [0.15, 0.2) is 54.6 Å². The van der Waals surface area contributed by atoms with E-state index in [-0.39, 0.29) is 17.9 Å². The van der Waals surface area contributed by atoms with Crippen molar-refractivity contribution < 1.29 is 22.7 Å². The number of alkyl halides is 3. The van der Waals surface area contributed by atoms with Crippen molar-refractivity contribution in [2.45, 2.75) is 49.7 Å². The van der Waals surface area contributed by atoms with Gasteiger partial charge in [-0.2, -0.15) is 18.4 Å². The SMILES string of the molecule is COC(=O)N[C@H]1CCC[C@@H]1C(C#N)(c1ccccc1)C1CCN(CC2CN(c3ccc(C(F)(F)F)cc3)C2)CC1. The van der Waals surface area contributed by atoms with E-state index in [9.17, 15) is 23.2 Å². The second-order valence-electron chi connectivity index (χ2n) is 11.5. The summed E-state index contributed by atoms with van der Waals surface area (Å²) in [6, 6.07) is 18.2. The Hall–Kier alpha value is -3.25. The molecule has 3 aliphatic rings. The van der Waals surface area contributed by atoms with E-state index in [0.717, 1.165) is 88.2 Å². The summed E-state index contributed by atoms with van der Waals surface area (Å²) in [6.07, 6.45) is -0.269. The molecule has 1 aliphatic carbocycles. The highest BCUT2D eigenvalue weighted by Gasteiger charge is 2.52. The third-order valence-corrected chi connectivity index (χ3v) is 9.29. The number of halogens is 3. The predicted molar refractivity (Wildman–Crippen MR) is 147 cm³/mol. The number of carbonyl (C=O) groups is 1. The van der Waals surface area contributed by atoms with Crippen molar-refractivity contribution in [1.82, 2.24) is 10.2 Å². The van der Waals surface area contributed by atoms with Gasteiger partial charge in [-0.1, -0.05) is 36.8 Å². The van der Waals surface area contributed by atoms with E-state index < -0.39 is 23.2 Å². The number of alkyl carbamates (subject to hydrolysis) is 1. The summed E-state index contributed by atoms with van der Waals surface area (Å²) in [5, 5.41) is 13.9. The van der Waals surface area contributed by atoms with Gasteiger partial charge in [0.2, 0.25) is 0 Å². The van der Waals surface area contributed by atoms with Crippen LogP contribution in [-0.4, -0.2) is 56.9 Å². The van der Waals surface area contributed by atoms with E-state index in [2.05, 4.69) is 33.3 Å². The number of nitrogens with zero attached hydrogens (tertiary/aromatic N) is 3. The van der Waals surface area contributed by atoms with Gasteiger partial charge in [-0.05, 0) is 74.5 Å².